The number of hydrogen-bond acceptors (Lipinski definition) is 3. The second-order valence-electron chi connectivity index (χ2n) is 13.6. The molecule has 0 amide bonds. The maximum absolute atomic E-state index is 6.90. The highest BCUT2D eigenvalue weighted by Crippen LogP contribution is 2.49. The third-order valence-electron chi connectivity index (χ3n) is 10.7. The van der Waals surface area contributed by atoms with Gasteiger partial charge in [-0.1, -0.05) is 77.6 Å². The average molecular weight is 569 g/mol. The van der Waals surface area contributed by atoms with Gasteiger partial charge in [-0.2, -0.15) is 0 Å². The van der Waals surface area contributed by atoms with Gasteiger partial charge in [-0.15, -0.1) is 0 Å². The molecule has 1 aliphatic carbocycles. The Bertz CT molecular complexity index is 931. The van der Waals surface area contributed by atoms with Gasteiger partial charge in [0.15, 0.2) is 0 Å². The van der Waals surface area contributed by atoms with Gasteiger partial charge in [-0.05, 0) is 116 Å². The Morgan fingerprint density at radius 1 is 0.975 bits per heavy atom. The standard InChI is InChI=1S/C36H57O3P/c1-7-24(2)18-30-22-31(34(28(30)6)21-29-12-9-8-10-13-29)23-36-27(5)25(3)19-33(39-36)15-16-35-26(4)20-32(38-35)14-11-17-37-40/h8-10,12-13,24-25,28,30-36H,4-5,7,11,14-23,40H2,1-3,6H3/t24-,25-,28+,30+,31?,32+,33?,34-,35+,36-/m1/s1. The van der Waals surface area contributed by atoms with Gasteiger partial charge in [0.2, 0.25) is 0 Å². The van der Waals surface area contributed by atoms with E-state index in [1.165, 1.54) is 42.4 Å². The average Bonchev–Trinajstić information content (AvgIpc) is 3.44. The largest absolute Gasteiger partial charge is 0.371 e. The molecule has 1 aromatic carbocycles. The van der Waals surface area contributed by atoms with Crippen molar-refractivity contribution in [1.82, 2.24) is 0 Å². The fraction of sp³-hybridized carbons (Fsp3) is 0.722. The number of rotatable bonds is 14. The molecule has 2 saturated heterocycles. The Morgan fingerprint density at radius 3 is 2.45 bits per heavy atom. The molecular formula is C36H57O3P. The molecule has 40 heavy (non-hydrogen) atoms. The molecule has 1 saturated carbocycles. The summed E-state index contributed by atoms with van der Waals surface area (Å²) in [6.07, 6.45) is 13.4. The van der Waals surface area contributed by atoms with Gasteiger partial charge in [0.25, 0.3) is 0 Å². The van der Waals surface area contributed by atoms with E-state index < -0.39 is 0 Å². The summed E-state index contributed by atoms with van der Waals surface area (Å²) in [5.74, 6) is 4.30. The van der Waals surface area contributed by atoms with Crippen molar-refractivity contribution in [2.24, 2.45) is 35.5 Å². The summed E-state index contributed by atoms with van der Waals surface area (Å²) in [4.78, 5) is 0. The number of benzene rings is 1. The molecule has 0 aromatic heterocycles. The van der Waals surface area contributed by atoms with E-state index in [4.69, 9.17) is 14.0 Å². The van der Waals surface area contributed by atoms with Crippen molar-refractivity contribution in [2.75, 3.05) is 6.61 Å². The molecule has 4 rings (SSSR count). The van der Waals surface area contributed by atoms with E-state index in [1.807, 2.05) is 0 Å². The SMILES string of the molecule is C=C1C[C@H](CCCOP)O[C@H]1CCC1C[C@@H](C)C(=C)[C@@H](CC2C[C@H](C[C@H](C)CC)[C@H](C)[C@H]2Cc2ccccc2)O1. The fourth-order valence-electron chi connectivity index (χ4n) is 7.94. The van der Waals surface area contributed by atoms with Crippen molar-refractivity contribution >= 4 is 9.47 Å². The van der Waals surface area contributed by atoms with Crippen molar-refractivity contribution < 1.29 is 14.0 Å². The molecule has 0 radical (unpaired) electrons. The van der Waals surface area contributed by atoms with Gasteiger partial charge in [-0.3, -0.25) is 0 Å². The first-order valence-electron chi connectivity index (χ1n) is 16.3. The van der Waals surface area contributed by atoms with E-state index in [1.54, 1.807) is 0 Å². The van der Waals surface area contributed by atoms with Crippen LogP contribution in [0.3, 0.4) is 0 Å². The minimum atomic E-state index is 0.177. The molecule has 0 bridgehead atoms. The minimum absolute atomic E-state index is 0.177. The van der Waals surface area contributed by atoms with Crippen molar-refractivity contribution in [3.8, 4) is 0 Å². The smallest absolute Gasteiger partial charge is 0.0791 e. The van der Waals surface area contributed by atoms with Crippen LogP contribution in [0.4, 0.5) is 0 Å². The lowest BCUT2D eigenvalue weighted by Gasteiger charge is -2.38. The van der Waals surface area contributed by atoms with E-state index in [0.717, 1.165) is 69.3 Å². The Hall–Kier alpha value is -0.990. The number of ether oxygens (including phenoxy) is 2. The molecule has 2 aliphatic heterocycles. The van der Waals surface area contributed by atoms with E-state index in [2.05, 4.69) is 80.7 Å². The predicted molar refractivity (Wildman–Crippen MR) is 171 cm³/mol. The third-order valence-corrected chi connectivity index (χ3v) is 11.0. The Balaban J connectivity index is 1.37. The highest BCUT2D eigenvalue weighted by molar-refractivity contribution is 7.09. The molecule has 3 fully saturated rings. The normalized spacial score (nSPS) is 35.4. The highest BCUT2D eigenvalue weighted by Gasteiger charge is 2.43. The first-order chi connectivity index (χ1) is 19.3. The maximum atomic E-state index is 6.90. The summed E-state index contributed by atoms with van der Waals surface area (Å²) in [6.45, 7) is 19.4. The summed E-state index contributed by atoms with van der Waals surface area (Å²) in [5.41, 5.74) is 4.07. The van der Waals surface area contributed by atoms with Crippen LogP contribution < -0.4 is 0 Å². The summed E-state index contributed by atoms with van der Waals surface area (Å²) in [6, 6.07) is 11.2. The molecular weight excluding hydrogens is 511 g/mol. The Labute approximate surface area is 248 Å². The minimum Gasteiger partial charge on any atom is -0.371 e. The van der Waals surface area contributed by atoms with Crippen LogP contribution in [0.2, 0.25) is 0 Å². The van der Waals surface area contributed by atoms with Crippen molar-refractivity contribution in [3.63, 3.8) is 0 Å². The molecule has 3 unspecified atom stereocenters. The molecule has 4 heteroatoms. The molecule has 1 aromatic rings. The molecule has 3 nitrogen and oxygen atoms in total. The lowest BCUT2D eigenvalue weighted by atomic mass is 9.78. The quantitative estimate of drug-likeness (QED) is 0.127. The van der Waals surface area contributed by atoms with Crippen molar-refractivity contribution in [1.29, 1.82) is 0 Å². The highest BCUT2D eigenvalue weighted by atomic mass is 31.0. The molecule has 3 aliphatic rings. The van der Waals surface area contributed by atoms with Crippen LogP contribution in [0.5, 0.6) is 0 Å². The molecule has 11 atom stereocenters. The monoisotopic (exact) mass is 568 g/mol. The second-order valence-corrected chi connectivity index (χ2v) is 13.9. The number of hydrogen-bond donors (Lipinski definition) is 0. The van der Waals surface area contributed by atoms with Gasteiger partial charge in [0.05, 0.1) is 31.0 Å². The summed E-state index contributed by atoms with van der Waals surface area (Å²) in [5, 5.41) is 0. The van der Waals surface area contributed by atoms with Gasteiger partial charge in [0, 0.05) is 9.47 Å². The summed E-state index contributed by atoms with van der Waals surface area (Å²) < 4.78 is 18.4. The van der Waals surface area contributed by atoms with Crippen LogP contribution in [0.25, 0.3) is 0 Å². The summed E-state index contributed by atoms with van der Waals surface area (Å²) >= 11 is 0. The van der Waals surface area contributed by atoms with Crippen LogP contribution in [-0.4, -0.2) is 31.0 Å². The van der Waals surface area contributed by atoms with Gasteiger partial charge in [-0.25, -0.2) is 0 Å². The second kappa shape index (κ2) is 15.5. The molecule has 224 valence electrons. The molecule has 0 N–H and O–H groups in total. The van der Waals surface area contributed by atoms with Crippen LogP contribution in [0, 0.1) is 35.5 Å². The zero-order chi connectivity index (χ0) is 28.6. The first kappa shape index (κ1) is 31.9. The van der Waals surface area contributed by atoms with Crippen LogP contribution in [0.15, 0.2) is 54.6 Å². The predicted octanol–water partition coefficient (Wildman–Crippen LogP) is 9.37. The van der Waals surface area contributed by atoms with Crippen molar-refractivity contribution in [3.05, 3.63) is 60.2 Å². The van der Waals surface area contributed by atoms with Gasteiger partial charge in [0.1, 0.15) is 0 Å². The lowest BCUT2D eigenvalue weighted by molar-refractivity contribution is -0.0552. The fourth-order valence-corrected chi connectivity index (χ4v) is 8.11. The Morgan fingerprint density at radius 2 is 1.73 bits per heavy atom. The van der Waals surface area contributed by atoms with E-state index in [-0.39, 0.29) is 18.3 Å². The lowest BCUT2D eigenvalue weighted by Crippen LogP contribution is -2.36. The topological polar surface area (TPSA) is 27.7 Å². The van der Waals surface area contributed by atoms with E-state index in [9.17, 15) is 0 Å². The third kappa shape index (κ3) is 8.53. The molecule has 2 heterocycles. The van der Waals surface area contributed by atoms with E-state index in [0.29, 0.717) is 23.9 Å². The zero-order valence-electron chi connectivity index (χ0n) is 25.9. The molecule has 0 spiro atoms. The van der Waals surface area contributed by atoms with Gasteiger partial charge < -0.3 is 14.0 Å². The van der Waals surface area contributed by atoms with E-state index >= 15 is 0 Å². The summed E-state index contributed by atoms with van der Waals surface area (Å²) in [7, 11) is 2.34. The Kier molecular flexibility index (Phi) is 12.4. The van der Waals surface area contributed by atoms with Gasteiger partial charge >= 0.3 is 0 Å². The first-order valence-corrected chi connectivity index (χ1v) is 16.8. The van der Waals surface area contributed by atoms with Crippen LogP contribution >= 0.6 is 9.47 Å². The maximum Gasteiger partial charge on any atom is 0.0791 e. The van der Waals surface area contributed by atoms with Crippen LogP contribution in [-0.2, 0) is 20.4 Å². The van der Waals surface area contributed by atoms with Crippen LogP contribution in [0.1, 0.15) is 97.5 Å². The zero-order valence-corrected chi connectivity index (χ0v) is 27.0. The van der Waals surface area contributed by atoms with Crippen molar-refractivity contribution in [2.45, 2.75) is 123 Å².